The Hall–Kier alpha value is -7.72. The summed E-state index contributed by atoms with van der Waals surface area (Å²) in [7, 11) is -3.39. The Labute approximate surface area is 725 Å². The summed E-state index contributed by atoms with van der Waals surface area (Å²) in [5.41, 5.74) is 19.7. The molecule has 4 nitrogen and oxygen atoms in total. The Morgan fingerprint density at radius 2 is 0.457 bits per heavy atom. The van der Waals surface area contributed by atoms with Gasteiger partial charge in [0.05, 0.1) is 27.2 Å². The van der Waals surface area contributed by atoms with Crippen LogP contribution in [0.2, 0.25) is 0 Å². The molecule has 0 aliphatic rings. The Balaban J connectivity index is 0.000000224. The molecule has 14 rings (SSSR count). The summed E-state index contributed by atoms with van der Waals surface area (Å²) in [5, 5.41) is 18.2. The number of fused-ring (bicyclic) bond motifs is 4. The fraction of sp³-hybridized carbons (Fsp3) is 0.352. The number of aromatic nitrogens is 2. The number of nitrogens with zero attached hydrogens (tertiary/aromatic N) is 2. The van der Waals surface area contributed by atoms with E-state index in [0.717, 1.165) is 22.5 Å². The molecule has 0 aliphatic carbocycles. The van der Waals surface area contributed by atoms with Crippen LogP contribution in [0, 0.1) is 0 Å². The summed E-state index contributed by atoms with van der Waals surface area (Å²) in [6, 6.07) is 84.4. The SMILES string of the molecule is CC(C)c1coc(-c2ccc3ccccc3c2-c2c([PH+](c3cc(C(C)(C)C)cc(C(C)(C)C)c3)c3cc(C(C)(C)C)cc(C(C)(C)C)c3)ccc3ccccc23)n1.CC(C)c1coc(-c2ccc3ccccc3c2-c2c([PH+](c3cc(C(C)(C)C)cc(C(C)(C)C)c3)c3cc(C(C)(C)C)cc(C(C)(C)C)c3)ccc3ccccc23)n1.[Pd].[Pd]. The summed E-state index contributed by atoms with van der Waals surface area (Å²) >= 11 is 0. The standard InChI is InChI=1S/2C54H62NOP.2Pd/c2*1-34(2)46-33-56-50(55-46)45-25-23-35-19-15-17-21-43(35)48(45)49-44-22-18-16-20-36(44)24-26-47(49)57(41-29-37(51(3,4)5)27-38(30-41)52(6,7)8)42-31-39(53(9,10)11)28-40(32-42)54(12,13)14;;/h2*15-34H,1-14H3;;/p+2. The summed E-state index contributed by atoms with van der Waals surface area (Å²) in [5.74, 6) is 1.85. The van der Waals surface area contributed by atoms with E-state index in [2.05, 4.69) is 412 Å². The predicted octanol–water partition coefficient (Wildman–Crippen LogP) is 28.2. The molecule has 2 aromatic heterocycles. The Bertz CT molecular complexity index is 5290. The Morgan fingerprint density at radius 1 is 0.250 bits per heavy atom. The van der Waals surface area contributed by atoms with Gasteiger partial charge in [0, 0.05) is 74.2 Å². The van der Waals surface area contributed by atoms with Crippen molar-refractivity contribution in [2.24, 2.45) is 0 Å². The normalized spacial score (nSPS) is 12.8. The fourth-order valence-corrected chi connectivity index (χ4v) is 21.6. The molecular weight excluding hydrogens is 1630 g/mol. The molecule has 0 amide bonds. The molecule has 0 saturated carbocycles. The van der Waals surface area contributed by atoms with Crippen molar-refractivity contribution in [1.29, 1.82) is 0 Å². The van der Waals surface area contributed by atoms with Crippen LogP contribution in [0.1, 0.15) is 262 Å². The van der Waals surface area contributed by atoms with Gasteiger partial charge in [0.25, 0.3) is 0 Å². The van der Waals surface area contributed by atoms with Crippen LogP contribution in [-0.4, -0.2) is 9.97 Å². The van der Waals surface area contributed by atoms with Gasteiger partial charge in [0.15, 0.2) is 0 Å². The Kier molecular flexibility index (Phi) is 25.7. The fourth-order valence-electron chi connectivity index (χ4n) is 15.8. The van der Waals surface area contributed by atoms with Gasteiger partial charge < -0.3 is 8.83 Å². The van der Waals surface area contributed by atoms with Gasteiger partial charge in [-0.3, -0.25) is 0 Å². The van der Waals surface area contributed by atoms with Crippen LogP contribution in [-0.2, 0) is 84.2 Å². The third-order valence-corrected chi connectivity index (χ3v) is 28.6. The molecule has 0 saturated heterocycles. The molecule has 0 fully saturated rings. The van der Waals surface area contributed by atoms with Crippen molar-refractivity contribution in [3.05, 3.63) is 287 Å². The molecule has 0 N–H and O–H groups in total. The molecule has 0 atom stereocenters. The van der Waals surface area contributed by atoms with Crippen molar-refractivity contribution in [3.63, 3.8) is 0 Å². The van der Waals surface area contributed by atoms with Crippen molar-refractivity contribution >= 4 is 90.8 Å². The first-order chi connectivity index (χ1) is 53.2. The first kappa shape index (κ1) is 89.1. The second kappa shape index (κ2) is 33.5. The van der Waals surface area contributed by atoms with Gasteiger partial charge in [0.1, 0.15) is 44.4 Å². The summed E-state index contributed by atoms with van der Waals surface area (Å²) < 4.78 is 12.8. The Morgan fingerprint density at radius 3 is 0.664 bits per heavy atom. The van der Waals surface area contributed by atoms with Gasteiger partial charge in [-0.15, -0.1) is 0 Å². The summed E-state index contributed by atoms with van der Waals surface area (Å²) in [4.78, 5) is 10.3. The van der Waals surface area contributed by atoms with E-state index in [-0.39, 0.29) is 96.0 Å². The van der Waals surface area contributed by atoms with Gasteiger partial charge in [0.2, 0.25) is 11.8 Å². The minimum atomic E-state index is -1.70. The average Bonchev–Trinajstić information content (AvgIpc) is 0.839. The summed E-state index contributed by atoms with van der Waals surface area (Å²) in [6.07, 6.45) is 3.69. The van der Waals surface area contributed by atoms with E-state index in [4.69, 9.17) is 18.8 Å². The zero-order valence-corrected chi connectivity index (χ0v) is 79.5. The van der Waals surface area contributed by atoms with Crippen molar-refractivity contribution in [2.75, 3.05) is 0 Å². The third kappa shape index (κ3) is 18.8. The number of hydrogen-bond acceptors (Lipinski definition) is 4. The predicted molar refractivity (Wildman–Crippen MR) is 503 cm³/mol. The first-order valence-electron chi connectivity index (χ1n) is 41.6. The smallest absolute Gasteiger partial charge is 0.226 e. The molecule has 8 heteroatoms. The number of rotatable bonds is 12. The number of hydrogen-bond donors (Lipinski definition) is 0. The van der Waals surface area contributed by atoms with Crippen LogP contribution in [0.5, 0.6) is 0 Å². The zero-order chi connectivity index (χ0) is 82.5. The molecule has 116 heavy (non-hydrogen) atoms. The van der Waals surface area contributed by atoms with Crippen molar-refractivity contribution in [2.45, 2.75) is 249 Å². The van der Waals surface area contributed by atoms with E-state index < -0.39 is 15.8 Å². The van der Waals surface area contributed by atoms with Crippen molar-refractivity contribution < 1.29 is 49.7 Å². The van der Waals surface area contributed by atoms with E-state index in [0.29, 0.717) is 11.8 Å². The molecule has 608 valence electrons. The van der Waals surface area contributed by atoms with Gasteiger partial charge in [-0.05, 0) is 216 Å². The van der Waals surface area contributed by atoms with Crippen LogP contribution >= 0.6 is 15.8 Å². The van der Waals surface area contributed by atoms with E-state index in [1.807, 2.05) is 12.5 Å². The first-order valence-corrected chi connectivity index (χ1v) is 44.6. The van der Waals surface area contributed by atoms with E-state index in [1.54, 1.807) is 0 Å². The van der Waals surface area contributed by atoms with Crippen LogP contribution in [0.25, 0.3) is 88.3 Å². The number of oxazole rings is 2. The second-order valence-electron chi connectivity index (χ2n) is 41.2. The minimum Gasteiger partial charge on any atom is -0.444 e. The molecule has 14 aromatic rings. The monoisotopic (exact) mass is 1760 g/mol. The van der Waals surface area contributed by atoms with Crippen LogP contribution < -0.4 is 31.8 Å². The van der Waals surface area contributed by atoms with Gasteiger partial charge in [-0.1, -0.05) is 339 Å². The van der Waals surface area contributed by atoms with Crippen molar-refractivity contribution in [1.82, 2.24) is 9.97 Å². The minimum absolute atomic E-state index is 0. The van der Waals surface area contributed by atoms with Gasteiger partial charge in [-0.2, -0.15) is 0 Å². The molecule has 12 aromatic carbocycles. The summed E-state index contributed by atoms with van der Waals surface area (Å²) in [6.45, 7) is 65.2. The van der Waals surface area contributed by atoms with Crippen LogP contribution in [0.15, 0.2) is 240 Å². The largest absolute Gasteiger partial charge is 0.444 e. The van der Waals surface area contributed by atoms with E-state index >= 15 is 0 Å². The van der Waals surface area contributed by atoms with Gasteiger partial charge in [-0.25, -0.2) is 9.97 Å². The zero-order valence-electron chi connectivity index (χ0n) is 74.4. The quantitative estimate of drug-likeness (QED) is 0.0904. The van der Waals surface area contributed by atoms with Gasteiger partial charge >= 0.3 is 0 Å². The third-order valence-electron chi connectivity index (χ3n) is 23.3. The maximum Gasteiger partial charge on any atom is 0.226 e. The maximum absolute atomic E-state index is 6.41. The van der Waals surface area contributed by atoms with Crippen molar-refractivity contribution in [3.8, 4) is 45.2 Å². The van der Waals surface area contributed by atoms with E-state index in [1.165, 1.54) is 142 Å². The molecule has 0 bridgehead atoms. The maximum atomic E-state index is 6.41. The molecule has 0 spiro atoms. The number of benzene rings is 12. The second-order valence-corrected chi connectivity index (χ2v) is 46.1. The molecular formula is C108H126N2O2P2Pd2+2. The molecule has 2 heterocycles. The average molecular weight is 1760 g/mol. The van der Waals surface area contributed by atoms with Crippen LogP contribution in [0.4, 0.5) is 0 Å². The topological polar surface area (TPSA) is 52.1 Å². The van der Waals surface area contributed by atoms with E-state index in [9.17, 15) is 0 Å². The molecule has 0 aliphatic heterocycles. The van der Waals surface area contributed by atoms with Crippen LogP contribution in [0.3, 0.4) is 0 Å². The molecule has 0 radical (unpaired) electrons. The molecule has 0 unspecified atom stereocenters.